The predicted octanol–water partition coefficient (Wildman–Crippen LogP) is 5.82. The molecule has 0 heterocycles. The van der Waals surface area contributed by atoms with Crippen molar-refractivity contribution in [1.82, 2.24) is 0 Å². The summed E-state index contributed by atoms with van der Waals surface area (Å²) in [6.07, 6.45) is 3.90. The van der Waals surface area contributed by atoms with Gasteiger partial charge in [0.25, 0.3) is 0 Å². The third kappa shape index (κ3) is 6.20. The lowest BCUT2D eigenvalue weighted by Crippen LogP contribution is -2.29. The van der Waals surface area contributed by atoms with E-state index < -0.39 is 0 Å². The highest BCUT2D eigenvalue weighted by atomic mass is 16.5. The van der Waals surface area contributed by atoms with Crippen molar-refractivity contribution in [2.75, 3.05) is 24.6 Å². The molecule has 0 aliphatic heterocycles. The van der Waals surface area contributed by atoms with Crippen molar-refractivity contribution >= 4 is 11.8 Å². The van der Waals surface area contributed by atoms with Crippen LogP contribution in [-0.4, -0.2) is 19.7 Å². The topological polar surface area (TPSA) is 21.2 Å². The van der Waals surface area contributed by atoms with E-state index in [4.69, 9.17) is 17.9 Å². The van der Waals surface area contributed by atoms with E-state index in [9.17, 15) is 0 Å². The Morgan fingerprint density at radius 2 is 1.81 bits per heavy atom. The van der Waals surface area contributed by atoms with Crippen LogP contribution in [0, 0.1) is 20.1 Å². The monoisotopic (exact) mass is 359 g/mol. The minimum atomic E-state index is 0.0879. The van der Waals surface area contributed by atoms with Crippen LogP contribution < -0.4 is 9.64 Å². The molecule has 0 N–H and O–H groups in total. The number of para-hydroxylation sites is 1. The Kier molecular flexibility index (Phi) is 7.94. The van der Waals surface area contributed by atoms with Gasteiger partial charge in [0, 0.05) is 18.3 Å². The summed E-state index contributed by atoms with van der Waals surface area (Å²) in [4.78, 5) is 8.81. The molecule has 0 radical (unpaired) electrons. The Balaban J connectivity index is 2.11. The molecule has 0 aromatic heterocycles. The van der Waals surface area contributed by atoms with Crippen LogP contribution in [0.2, 0.25) is 0 Å². The van der Waals surface area contributed by atoms with Gasteiger partial charge in [-0.3, -0.25) is 0 Å². The number of ether oxygens (including phenoxy) is 1. The molecule has 0 fully saturated rings. The largest absolute Gasteiger partial charge is 0.519 e. The SMILES string of the molecule is [C-]#[N+]C(=Cc1ccc(N(CCCC)CCOc2ccccc2)cc1C)[N+]#[C-]. The zero-order valence-electron chi connectivity index (χ0n) is 16.0. The van der Waals surface area contributed by atoms with Crippen LogP contribution in [0.3, 0.4) is 0 Å². The fourth-order valence-electron chi connectivity index (χ4n) is 2.76. The number of unbranched alkanes of at least 4 members (excludes halogenated alkanes) is 1. The van der Waals surface area contributed by atoms with Crippen LogP contribution in [0.25, 0.3) is 15.8 Å². The molecule has 0 amide bonds. The van der Waals surface area contributed by atoms with Crippen molar-refractivity contribution < 1.29 is 4.74 Å². The van der Waals surface area contributed by atoms with Crippen molar-refractivity contribution in [3.8, 4) is 5.75 Å². The summed E-state index contributed by atoms with van der Waals surface area (Å²) in [5, 5.41) is 0. The van der Waals surface area contributed by atoms with E-state index in [1.165, 1.54) is 0 Å². The Labute approximate surface area is 162 Å². The quantitative estimate of drug-likeness (QED) is 0.526. The second-order valence-corrected chi connectivity index (χ2v) is 6.27. The summed E-state index contributed by atoms with van der Waals surface area (Å²) in [6, 6.07) is 16.0. The molecule has 0 spiro atoms. The molecular weight excluding hydrogens is 334 g/mol. The third-order valence-corrected chi connectivity index (χ3v) is 4.29. The first-order valence-electron chi connectivity index (χ1n) is 9.18. The van der Waals surface area contributed by atoms with Crippen LogP contribution in [0.15, 0.2) is 54.4 Å². The normalized spacial score (nSPS) is 9.78. The maximum atomic E-state index is 7.03. The Morgan fingerprint density at radius 3 is 2.44 bits per heavy atom. The zero-order valence-corrected chi connectivity index (χ0v) is 16.0. The molecule has 2 rings (SSSR count). The average Bonchev–Trinajstić information content (AvgIpc) is 2.70. The van der Waals surface area contributed by atoms with E-state index in [1.54, 1.807) is 6.08 Å². The van der Waals surface area contributed by atoms with Gasteiger partial charge in [0.1, 0.15) is 25.5 Å². The molecule has 0 atom stereocenters. The molecule has 0 saturated carbocycles. The molecule has 0 saturated heterocycles. The van der Waals surface area contributed by atoms with Crippen LogP contribution in [0.1, 0.15) is 30.9 Å². The number of hydrogen-bond acceptors (Lipinski definition) is 2. The Bertz CT molecular complexity index is 828. The predicted molar refractivity (Wildman–Crippen MR) is 111 cm³/mol. The van der Waals surface area contributed by atoms with E-state index in [-0.39, 0.29) is 5.82 Å². The van der Waals surface area contributed by atoms with E-state index in [0.717, 1.165) is 48.5 Å². The highest BCUT2D eigenvalue weighted by Crippen LogP contribution is 2.22. The maximum absolute atomic E-state index is 7.03. The van der Waals surface area contributed by atoms with E-state index in [0.29, 0.717) is 6.61 Å². The number of nitrogens with zero attached hydrogens (tertiary/aromatic N) is 3. The van der Waals surface area contributed by atoms with Gasteiger partial charge in [-0.05, 0) is 48.7 Å². The minimum Gasteiger partial charge on any atom is -0.492 e. The molecule has 2 aromatic carbocycles. The molecule has 2 aromatic rings. The number of rotatable bonds is 9. The van der Waals surface area contributed by atoms with Crippen molar-refractivity contribution in [3.05, 3.63) is 88.3 Å². The fourth-order valence-corrected chi connectivity index (χ4v) is 2.76. The van der Waals surface area contributed by atoms with Crippen LogP contribution in [0.4, 0.5) is 5.69 Å². The summed E-state index contributed by atoms with van der Waals surface area (Å²) in [7, 11) is 0. The van der Waals surface area contributed by atoms with E-state index >= 15 is 0 Å². The lowest BCUT2D eigenvalue weighted by molar-refractivity contribution is 0.323. The lowest BCUT2D eigenvalue weighted by Gasteiger charge is -2.25. The minimum absolute atomic E-state index is 0.0879. The second kappa shape index (κ2) is 10.7. The van der Waals surface area contributed by atoms with Crippen molar-refractivity contribution in [1.29, 1.82) is 0 Å². The van der Waals surface area contributed by atoms with Crippen LogP contribution >= 0.6 is 0 Å². The summed E-state index contributed by atoms with van der Waals surface area (Å²) >= 11 is 0. The Morgan fingerprint density at radius 1 is 1.07 bits per heavy atom. The van der Waals surface area contributed by atoms with E-state index in [1.807, 2.05) is 43.3 Å². The number of benzene rings is 2. The molecule has 0 aliphatic carbocycles. The van der Waals surface area contributed by atoms with Gasteiger partial charge in [-0.1, -0.05) is 37.6 Å². The van der Waals surface area contributed by atoms with Gasteiger partial charge < -0.3 is 9.64 Å². The van der Waals surface area contributed by atoms with Crippen molar-refractivity contribution in [3.63, 3.8) is 0 Å². The Hall–Kier alpha value is -3.24. The highest BCUT2D eigenvalue weighted by molar-refractivity contribution is 5.63. The number of anilines is 1. The molecular formula is C23H25N3O. The number of hydrogen-bond donors (Lipinski definition) is 0. The van der Waals surface area contributed by atoms with Crippen molar-refractivity contribution in [2.45, 2.75) is 26.7 Å². The molecule has 0 aliphatic rings. The smallest absolute Gasteiger partial charge is 0.492 e. The van der Waals surface area contributed by atoms with Crippen molar-refractivity contribution in [2.24, 2.45) is 0 Å². The molecule has 0 unspecified atom stereocenters. The van der Waals surface area contributed by atoms with Crippen LogP contribution in [-0.2, 0) is 0 Å². The first kappa shape index (κ1) is 20.1. The first-order chi connectivity index (χ1) is 13.2. The third-order valence-electron chi connectivity index (χ3n) is 4.29. The maximum Gasteiger partial charge on any atom is 0.519 e. The van der Waals surface area contributed by atoms with Gasteiger partial charge in [0.2, 0.25) is 0 Å². The summed E-state index contributed by atoms with van der Waals surface area (Å²) in [5.41, 5.74) is 3.11. The standard InChI is InChI=1S/C23H25N3O/c1-5-6-14-26(15-16-27-22-10-8-7-9-11-22)21-13-12-20(19(2)17-21)18-23(24-3)25-4/h7-13,17-18H,5-6,14-16H2,1-2H3. The average molecular weight is 359 g/mol. The molecule has 4 nitrogen and oxygen atoms in total. The van der Waals surface area contributed by atoms with Gasteiger partial charge in [0.05, 0.1) is 6.54 Å². The van der Waals surface area contributed by atoms with Gasteiger partial charge in [-0.25, -0.2) is 0 Å². The zero-order chi connectivity index (χ0) is 19.5. The van der Waals surface area contributed by atoms with Gasteiger partial charge >= 0.3 is 5.82 Å². The molecule has 4 heteroatoms. The second-order valence-electron chi connectivity index (χ2n) is 6.27. The summed E-state index contributed by atoms with van der Waals surface area (Å²) in [5.74, 6) is 0.973. The fraction of sp³-hybridized carbons (Fsp3) is 0.304. The van der Waals surface area contributed by atoms with Gasteiger partial charge in [-0.2, -0.15) is 9.69 Å². The summed E-state index contributed by atoms with van der Waals surface area (Å²) in [6.45, 7) is 20.7. The lowest BCUT2D eigenvalue weighted by atomic mass is 10.1. The summed E-state index contributed by atoms with van der Waals surface area (Å²) < 4.78 is 5.86. The van der Waals surface area contributed by atoms with Gasteiger partial charge in [0.15, 0.2) is 0 Å². The highest BCUT2D eigenvalue weighted by Gasteiger charge is 2.10. The molecule has 138 valence electrons. The molecule has 0 bridgehead atoms. The van der Waals surface area contributed by atoms with Gasteiger partial charge in [-0.15, -0.1) is 0 Å². The molecule has 27 heavy (non-hydrogen) atoms. The first-order valence-corrected chi connectivity index (χ1v) is 9.18. The van der Waals surface area contributed by atoms with Crippen LogP contribution in [0.5, 0.6) is 5.75 Å². The van der Waals surface area contributed by atoms with E-state index in [2.05, 4.69) is 33.6 Å². The number of aryl methyl sites for hydroxylation is 1.